The molecule has 17 heavy (non-hydrogen) atoms. The van der Waals surface area contributed by atoms with Crippen molar-refractivity contribution in [2.45, 2.75) is 13.5 Å². The van der Waals surface area contributed by atoms with Crippen molar-refractivity contribution in [3.63, 3.8) is 0 Å². The molecule has 0 saturated heterocycles. The second kappa shape index (κ2) is 4.29. The molecule has 0 atom stereocenters. The summed E-state index contributed by atoms with van der Waals surface area (Å²) in [5.74, 6) is -1.36. The van der Waals surface area contributed by atoms with Crippen LogP contribution in [0.25, 0.3) is 0 Å². The predicted molar refractivity (Wildman–Crippen MR) is 61.1 cm³/mol. The van der Waals surface area contributed by atoms with Crippen molar-refractivity contribution >= 4 is 5.97 Å². The number of hydrogen-bond acceptors (Lipinski definition) is 3. The normalized spacial score (nSPS) is 10.4. The smallest absolute Gasteiger partial charge is 0.339 e. The Morgan fingerprint density at radius 1 is 1.47 bits per heavy atom. The zero-order valence-corrected chi connectivity index (χ0v) is 9.29. The molecule has 1 heterocycles. The lowest BCUT2D eigenvalue weighted by atomic mass is 10.1. The molecule has 0 spiro atoms. The van der Waals surface area contributed by atoms with Crippen LogP contribution in [0.2, 0.25) is 0 Å². The summed E-state index contributed by atoms with van der Waals surface area (Å²) in [6, 6.07) is 4.50. The molecule has 0 radical (unpaired) electrons. The monoisotopic (exact) mass is 232 g/mol. The molecule has 1 aromatic heterocycles. The van der Waals surface area contributed by atoms with Crippen LogP contribution in [0.1, 0.15) is 21.5 Å². The Bertz CT molecular complexity index is 561. The molecule has 0 amide bonds. The van der Waals surface area contributed by atoms with Crippen molar-refractivity contribution in [2.75, 3.05) is 0 Å². The minimum Gasteiger partial charge on any atom is -0.507 e. The van der Waals surface area contributed by atoms with Crippen LogP contribution in [0, 0.1) is 6.92 Å². The molecule has 2 rings (SSSR count). The van der Waals surface area contributed by atoms with Crippen molar-refractivity contribution < 1.29 is 15.0 Å². The van der Waals surface area contributed by atoms with Crippen molar-refractivity contribution in [3.8, 4) is 5.75 Å². The molecule has 88 valence electrons. The first kappa shape index (κ1) is 11.2. The Morgan fingerprint density at radius 3 is 2.76 bits per heavy atom. The predicted octanol–water partition coefficient (Wildman–Crippen LogP) is 1.64. The zero-order chi connectivity index (χ0) is 12.4. The van der Waals surface area contributed by atoms with E-state index in [-0.39, 0.29) is 11.3 Å². The highest BCUT2D eigenvalue weighted by molar-refractivity contribution is 5.90. The van der Waals surface area contributed by atoms with Gasteiger partial charge in [0.2, 0.25) is 0 Å². The number of aromatic hydroxyl groups is 1. The lowest BCUT2D eigenvalue weighted by Crippen LogP contribution is -2.02. The molecule has 5 heteroatoms. The fourth-order valence-electron chi connectivity index (χ4n) is 1.60. The number of rotatable bonds is 3. The summed E-state index contributed by atoms with van der Waals surface area (Å²) < 4.78 is 1.73. The van der Waals surface area contributed by atoms with Crippen LogP contribution in [0.5, 0.6) is 5.75 Å². The number of aromatic carboxylic acids is 1. The van der Waals surface area contributed by atoms with Crippen molar-refractivity contribution in [1.82, 2.24) is 9.78 Å². The van der Waals surface area contributed by atoms with Gasteiger partial charge in [0.25, 0.3) is 0 Å². The summed E-state index contributed by atoms with van der Waals surface area (Å²) in [4.78, 5) is 10.7. The largest absolute Gasteiger partial charge is 0.507 e. The molecule has 2 aromatic rings. The van der Waals surface area contributed by atoms with Gasteiger partial charge in [0.05, 0.1) is 12.7 Å². The Balaban J connectivity index is 2.23. The quantitative estimate of drug-likeness (QED) is 0.843. The van der Waals surface area contributed by atoms with E-state index in [9.17, 15) is 9.90 Å². The third kappa shape index (κ3) is 2.44. The molecule has 0 aliphatic carbocycles. The number of hydrogen-bond donors (Lipinski definition) is 2. The summed E-state index contributed by atoms with van der Waals surface area (Å²) in [5, 5.41) is 22.4. The molecule has 0 unspecified atom stereocenters. The van der Waals surface area contributed by atoms with Gasteiger partial charge in [-0.2, -0.15) is 5.10 Å². The van der Waals surface area contributed by atoms with Crippen LogP contribution in [0.15, 0.2) is 30.6 Å². The first-order valence-corrected chi connectivity index (χ1v) is 5.10. The van der Waals surface area contributed by atoms with Gasteiger partial charge < -0.3 is 10.2 Å². The van der Waals surface area contributed by atoms with Gasteiger partial charge in [-0.05, 0) is 30.2 Å². The number of aryl methyl sites for hydroxylation is 1. The van der Waals surface area contributed by atoms with Crippen LogP contribution in [-0.4, -0.2) is 26.0 Å². The van der Waals surface area contributed by atoms with Gasteiger partial charge in [0, 0.05) is 6.20 Å². The van der Waals surface area contributed by atoms with Crippen LogP contribution >= 0.6 is 0 Å². The molecule has 0 aliphatic rings. The van der Waals surface area contributed by atoms with Crippen molar-refractivity contribution in [1.29, 1.82) is 0 Å². The summed E-state index contributed by atoms with van der Waals surface area (Å²) in [6.07, 6.45) is 3.62. The van der Waals surface area contributed by atoms with E-state index in [1.807, 2.05) is 13.1 Å². The van der Waals surface area contributed by atoms with Crippen molar-refractivity contribution in [3.05, 3.63) is 47.3 Å². The highest BCUT2D eigenvalue weighted by atomic mass is 16.4. The Morgan fingerprint density at radius 2 is 2.24 bits per heavy atom. The van der Waals surface area contributed by atoms with Crippen LogP contribution in [-0.2, 0) is 6.54 Å². The molecular weight excluding hydrogens is 220 g/mol. The lowest BCUT2D eigenvalue weighted by molar-refractivity contribution is 0.0693. The van der Waals surface area contributed by atoms with Gasteiger partial charge in [-0.25, -0.2) is 4.79 Å². The summed E-state index contributed by atoms with van der Waals surface area (Å²) in [7, 11) is 0. The summed E-state index contributed by atoms with van der Waals surface area (Å²) in [6.45, 7) is 2.44. The van der Waals surface area contributed by atoms with E-state index in [0.717, 1.165) is 11.1 Å². The fraction of sp³-hybridized carbons (Fsp3) is 0.167. The fourth-order valence-corrected chi connectivity index (χ4v) is 1.60. The van der Waals surface area contributed by atoms with E-state index in [4.69, 9.17) is 5.11 Å². The molecule has 1 aromatic carbocycles. The number of aromatic nitrogens is 2. The van der Waals surface area contributed by atoms with Gasteiger partial charge >= 0.3 is 5.97 Å². The maximum absolute atomic E-state index is 10.7. The number of carboxylic acid groups (broad SMARTS) is 1. The zero-order valence-electron chi connectivity index (χ0n) is 9.29. The minimum absolute atomic E-state index is 0.0922. The molecular formula is C12H12N2O3. The first-order chi connectivity index (χ1) is 8.06. The van der Waals surface area contributed by atoms with E-state index in [2.05, 4.69) is 5.10 Å². The molecule has 0 fully saturated rings. The first-order valence-electron chi connectivity index (χ1n) is 5.10. The average molecular weight is 232 g/mol. The number of benzene rings is 1. The molecule has 0 aliphatic heterocycles. The summed E-state index contributed by atoms with van der Waals surface area (Å²) >= 11 is 0. The number of carbonyl (C=O) groups is 1. The van der Waals surface area contributed by atoms with Gasteiger partial charge in [0.1, 0.15) is 11.3 Å². The lowest BCUT2D eigenvalue weighted by Gasteiger charge is -2.04. The number of phenols is 1. The number of carboxylic acids is 1. The van der Waals surface area contributed by atoms with Crippen LogP contribution in [0.4, 0.5) is 0 Å². The molecule has 0 saturated carbocycles. The molecule has 5 nitrogen and oxygen atoms in total. The third-order valence-electron chi connectivity index (χ3n) is 2.40. The number of nitrogens with zero attached hydrogens (tertiary/aromatic N) is 2. The minimum atomic E-state index is -1.14. The van der Waals surface area contributed by atoms with Gasteiger partial charge in [0.15, 0.2) is 0 Å². The Labute approximate surface area is 97.9 Å². The molecule has 2 N–H and O–H groups in total. The topological polar surface area (TPSA) is 75.4 Å². The highest BCUT2D eigenvalue weighted by Gasteiger charge is 2.09. The second-order valence-electron chi connectivity index (χ2n) is 3.87. The van der Waals surface area contributed by atoms with E-state index >= 15 is 0 Å². The highest BCUT2D eigenvalue weighted by Crippen LogP contribution is 2.19. The van der Waals surface area contributed by atoms with E-state index in [1.54, 1.807) is 16.9 Å². The maximum atomic E-state index is 10.7. The van der Waals surface area contributed by atoms with Gasteiger partial charge in [-0.3, -0.25) is 4.68 Å². The standard InChI is InChI=1S/C12H12N2O3/c1-8-5-13-14(6-8)7-9-2-3-10(12(16)17)11(15)4-9/h2-6,15H,7H2,1H3,(H,16,17). The molecule has 0 bridgehead atoms. The van der Waals surface area contributed by atoms with E-state index in [0.29, 0.717) is 6.54 Å². The van der Waals surface area contributed by atoms with Gasteiger partial charge in [-0.1, -0.05) is 6.07 Å². The SMILES string of the molecule is Cc1cnn(Cc2ccc(C(=O)O)c(O)c2)c1. The van der Waals surface area contributed by atoms with Crippen LogP contribution < -0.4 is 0 Å². The Kier molecular flexibility index (Phi) is 2.82. The second-order valence-corrected chi connectivity index (χ2v) is 3.87. The summed E-state index contributed by atoms with van der Waals surface area (Å²) in [5.41, 5.74) is 1.76. The van der Waals surface area contributed by atoms with E-state index < -0.39 is 5.97 Å². The third-order valence-corrected chi connectivity index (χ3v) is 2.40. The Hall–Kier alpha value is -2.30. The van der Waals surface area contributed by atoms with Gasteiger partial charge in [-0.15, -0.1) is 0 Å². The van der Waals surface area contributed by atoms with E-state index in [1.165, 1.54) is 12.1 Å². The average Bonchev–Trinajstić information content (AvgIpc) is 2.63. The van der Waals surface area contributed by atoms with Crippen LogP contribution in [0.3, 0.4) is 0 Å². The maximum Gasteiger partial charge on any atom is 0.339 e. The van der Waals surface area contributed by atoms with Crippen molar-refractivity contribution in [2.24, 2.45) is 0 Å².